The lowest BCUT2D eigenvalue weighted by Crippen LogP contribution is -2.32. The third-order valence-electron chi connectivity index (χ3n) is 8.71. The molecule has 2 aliphatic carbocycles. The molecule has 3 heteroatoms. The quantitative estimate of drug-likeness (QED) is 0.225. The number of hydrogen-bond acceptors (Lipinski definition) is 1. The van der Waals surface area contributed by atoms with E-state index < -0.39 is 6.08 Å². The molecule has 1 aliphatic heterocycles. The maximum absolute atomic E-state index is 12.3. The molecule has 1 nitrogen and oxygen atoms in total. The molecule has 0 radical (unpaired) electrons. The number of allylic oxidation sites excluding steroid dienone is 3. The Labute approximate surface area is 196 Å². The molecule has 0 spiro atoms. The molecule has 3 aliphatic rings. The molecule has 0 aromatic rings. The van der Waals surface area contributed by atoms with Gasteiger partial charge in [-0.15, -0.1) is 0 Å². The minimum Gasteiger partial charge on any atom is -0.378 e. The number of hydrogen-bond donors (Lipinski definition) is 0. The van der Waals surface area contributed by atoms with Gasteiger partial charge < -0.3 is 4.74 Å². The maximum Gasteiger partial charge on any atom is 0.266 e. The van der Waals surface area contributed by atoms with E-state index >= 15 is 0 Å². The van der Waals surface area contributed by atoms with Gasteiger partial charge in [-0.3, -0.25) is 0 Å². The molecule has 2 unspecified atom stereocenters. The van der Waals surface area contributed by atoms with Gasteiger partial charge in [0.25, 0.3) is 6.08 Å². The van der Waals surface area contributed by atoms with Crippen molar-refractivity contribution in [3.8, 4) is 0 Å². The predicted octanol–water partition coefficient (Wildman–Crippen LogP) is 9.48. The summed E-state index contributed by atoms with van der Waals surface area (Å²) in [6.45, 7) is 3.19. The molecule has 32 heavy (non-hydrogen) atoms. The summed E-state index contributed by atoms with van der Waals surface area (Å²) in [5, 5.41) is 0. The van der Waals surface area contributed by atoms with Crippen LogP contribution in [0.4, 0.5) is 8.78 Å². The smallest absolute Gasteiger partial charge is 0.266 e. The average Bonchev–Trinajstić information content (AvgIpc) is 2.82. The van der Waals surface area contributed by atoms with Gasteiger partial charge in [-0.1, -0.05) is 44.8 Å². The third-order valence-corrected chi connectivity index (χ3v) is 8.71. The summed E-state index contributed by atoms with van der Waals surface area (Å²) in [6.07, 6.45) is 26.3. The largest absolute Gasteiger partial charge is 0.378 e. The lowest BCUT2D eigenvalue weighted by Gasteiger charge is -2.37. The number of ether oxygens (including phenoxy) is 1. The summed E-state index contributed by atoms with van der Waals surface area (Å²) >= 11 is 0. The Morgan fingerprint density at radius 3 is 2.16 bits per heavy atom. The first-order chi connectivity index (χ1) is 15.6. The summed E-state index contributed by atoms with van der Waals surface area (Å²) in [5.74, 6) is 3.76. The summed E-state index contributed by atoms with van der Waals surface area (Å²) in [5.41, 5.74) is 0. The molecule has 0 bridgehead atoms. The highest BCUT2D eigenvalue weighted by Crippen LogP contribution is 2.39. The lowest BCUT2D eigenvalue weighted by atomic mass is 9.73. The van der Waals surface area contributed by atoms with Gasteiger partial charge in [-0.2, -0.15) is 8.78 Å². The van der Waals surface area contributed by atoms with Crippen molar-refractivity contribution in [2.75, 3.05) is 6.61 Å². The van der Waals surface area contributed by atoms with Crippen molar-refractivity contribution >= 4 is 0 Å². The molecule has 184 valence electrons. The van der Waals surface area contributed by atoms with Crippen molar-refractivity contribution < 1.29 is 13.5 Å². The normalized spacial score (nSPS) is 34.0. The van der Waals surface area contributed by atoms with E-state index in [2.05, 4.69) is 19.1 Å². The Morgan fingerprint density at radius 1 is 0.812 bits per heavy atom. The van der Waals surface area contributed by atoms with Crippen LogP contribution in [0.3, 0.4) is 0 Å². The molecule has 2 atom stereocenters. The predicted molar refractivity (Wildman–Crippen MR) is 131 cm³/mol. The standard InChI is InChI=1S/C29H48F2O/c1-2-3-4-7-23-10-12-24(13-11-23)8-5-6-9-28-20-19-27(22-32-28)26-17-14-25(15-18-26)16-21-29(30)31/h4,7,21,23-28H,2-3,5-6,8-20,22H2,1H3/b7-4+. The molecule has 0 aromatic carbocycles. The van der Waals surface area contributed by atoms with Crippen molar-refractivity contribution in [3.05, 3.63) is 24.3 Å². The van der Waals surface area contributed by atoms with Crippen LogP contribution in [-0.2, 0) is 4.74 Å². The zero-order valence-electron chi connectivity index (χ0n) is 20.6. The Bertz CT molecular complexity index is 544. The Kier molecular flexibility index (Phi) is 11.8. The molecule has 2 saturated carbocycles. The average molecular weight is 451 g/mol. The molecule has 3 fully saturated rings. The number of rotatable bonds is 11. The first kappa shape index (κ1) is 25.9. The molecule has 1 saturated heterocycles. The van der Waals surface area contributed by atoms with E-state index in [9.17, 15) is 8.78 Å². The first-order valence-corrected chi connectivity index (χ1v) is 13.9. The van der Waals surface area contributed by atoms with Gasteiger partial charge in [-0.25, -0.2) is 0 Å². The van der Waals surface area contributed by atoms with E-state index in [-0.39, 0.29) is 0 Å². The zero-order valence-corrected chi connectivity index (χ0v) is 20.6. The topological polar surface area (TPSA) is 9.23 Å². The van der Waals surface area contributed by atoms with Gasteiger partial charge >= 0.3 is 0 Å². The highest BCUT2D eigenvalue weighted by atomic mass is 19.3. The second kappa shape index (κ2) is 14.5. The van der Waals surface area contributed by atoms with Gasteiger partial charge in [0, 0.05) is 0 Å². The van der Waals surface area contributed by atoms with Gasteiger partial charge in [0.1, 0.15) is 0 Å². The van der Waals surface area contributed by atoms with E-state index in [0.717, 1.165) is 43.3 Å². The van der Waals surface area contributed by atoms with Crippen LogP contribution in [0.2, 0.25) is 0 Å². The van der Waals surface area contributed by atoms with Crippen LogP contribution in [-0.4, -0.2) is 12.7 Å². The summed E-state index contributed by atoms with van der Waals surface area (Å²) < 4.78 is 30.9. The van der Waals surface area contributed by atoms with E-state index in [1.54, 1.807) is 0 Å². The second-order valence-corrected chi connectivity index (χ2v) is 11.1. The van der Waals surface area contributed by atoms with Crippen molar-refractivity contribution in [2.24, 2.45) is 29.6 Å². The van der Waals surface area contributed by atoms with Crippen molar-refractivity contribution in [2.45, 2.75) is 122 Å². The van der Waals surface area contributed by atoms with E-state index in [0.29, 0.717) is 24.4 Å². The minimum atomic E-state index is -1.51. The highest BCUT2D eigenvalue weighted by molar-refractivity contribution is 4.91. The van der Waals surface area contributed by atoms with E-state index in [1.165, 1.54) is 89.9 Å². The lowest BCUT2D eigenvalue weighted by molar-refractivity contribution is -0.0428. The van der Waals surface area contributed by atoms with Gasteiger partial charge in [0.2, 0.25) is 0 Å². The van der Waals surface area contributed by atoms with Crippen molar-refractivity contribution in [3.63, 3.8) is 0 Å². The van der Waals surface area contributed by atoms with Gasteiger partial charge in [0.05, 0.1) is 12.7 Å². The van der Waals surface area contributed by atoms with Crippen molar-refractivity contribution in [1.82, 2.24) is 0 Å². The molecule has 1 heterocycles. The molecule has 0 amide bonds. The van der Waals surface area contributed by atoms with E-state index in [4.69, 9.17) is 4.74 Å². The summed E-state index contributed by atoms with van der Waals surface area (Å²) in [6, 6.07) is 0. The number of unbranched alkanes of at least 4 members (excludes halogenated alkanes) is 2. The van der Waals surface area contributed by atoms with Gasteiger partial charge in [0.15, 0.2) is 0 Å². The molecule has 0 aromatic heterocycles. The molecular weight excluding hydrogens is 402 g/mol. The molecular formula is C29H48F2O. The third kappa shape index (κ3) is 9.27. The van der Waals surface area contributed by atoms with Crippen LogP contribution in [0.15, 0.2) is 24.3 Å². The van der Waals surface area contributed by atoms with Crippen LogP contribution >= 0.6 is 0 Å². The SMILES string of the molecule is CCC/C=C/C1CCC(CCCCC2CCC(C3CCC(CC=C(F)F)CC3)CO2)CC1. The fraction of sp³-hybridized carbons (Fsp3) is 0.862. The Balaban J connectivity index is 1.20. The minimum absolute atomic E-state index is 0.470. The van der Waals surface area contributed by atoms with Gasteiger partial charge in [-0.05, 0) is 119 Å². The van der Waals surface area contributed by atoms with Crippen LogP contribution in [0.25, 0.3) is 0 Å². The Hall–Kier alpha value is -0.700. The van der Waals surface area contributed by atoms with E-state index in [1.807, 2.05) is 0 Å². The van der Waals surface area contributed by atoms with Crippen LogP contribution in [0.1, 0.15) is 116 Å². The highest BCUT2D eigenvalue weighted by Gasteiger charge is 2.31. The maximum atomic E-state index is 12.3. The van der Waals surface area contributed by atoms with Crippen LogP contribution in [0.5, 0.6) is 0 Å². The fourth-order valence-corrected chi connectivity index (χ4v) is 6.51. The second-order valence-electron chi connectivity index (χ2n) is 11.1. The molecule has 0 N–H and O–H groups in total. The Morgan fingerprint density at radius 2 is 1.50 bits per heavy atom. The monoisotopic (exact) mass is 450 g/mol. The summed E-state index contributed by atoms with van der Waals surface area (Å²) in [7, 11) is 0. The molecule has 3 rings (SSSR count). The summed E-state index contributed by atoms with van der Waals surface area (Å²) in [4.78, 5) is 0. The fourth-order valence-electron chi connectivity index (χ4n) is 6.51. The zero-order chi connectivity index (χ0) is 22.6. The van der Waals surface area contributed by atoms with Crippen LogP contribution in [0, 0.1) is 29.6 Å². The first-order valence-electron chi connectivity index (χ1n) is 13.9. The van der Waals surface area contributed by atoms with Crippen LogP contribution < -0.4 is 0 Å². The number of halogens is 2. The van der Waals surface area contributed by atoms with Crippen molar-refractivity contribution in [1.29, 1.82) is 0 Å².